The Kier molecular flexibility index (Phi) is 2.96. The van der Waals surface area contributed by atoms with Crippen LogP contribution in [0.15, 0.2) is 24.3 Å². The maximum absolute atomic E-state index is 6.20. The Labute approximate surface area is 91.4 Å². The number of para-hydroxylation sites is 1. The van der Waals surface area contributed by atoms with Crippen molar-refractivity contribution < 1.29 is 4.74 Å². The summed E-state index contributed by atoms with van der Waals surface area (Å²) in [4.78, 5) is 0. The summed E-state index contributed by atoms with van der Waals surface area (Å²) in [6.07, 6.45) is 2.73. The maximum atomic E-state index is 6.20. The van der Waals surface area contributed by atoms with Crippen molar-refractivity contribution in [2.75, 3.05) is 0 Å². The summed E-state index contributed by atoms with van der Waals surface area (Å²) < 4.78 is 5.76. The summed E-state index contributed by atoms with van der Waals surface area (Å²) in [6, 6.07) is 8.28. The van der Waals surface area contributed by atoms with E-state index in [1.54, 1.807) is 0 Å². The Balaban J connectivity index is 2.20. The standard InChI is InChI=1S/C13H19NO/c1-9(2)15-12-6-4-3-5-11(12)13(14)10-7-8-10/h3-6,9-10,13H,7-8,14H2,1-2H3/t13-/m0/s1. The molecule has 2 N–H and O–H groups in total. The zero-order valence-electron chi connectivity index (χ0n) is 9.44. The lowest BCUT2D eigenvalue weighted by molar-refractivity contribution is 0.238. The highest BCUT2D eigenvalue weighted by atomic mass is 16.5. The minimum absolute atomic E-state index is 0.153. The third-order valence-electron chi connectivity index (χ3n) is 2.77. The molecule has 1 atom stereocenters. The minimum atomic E-state index is 0.153. The van der Waals surface area contributed by atoms with Crippen molar-refractivity contribution in [3.63, 3.8) is 0 Å². The zero-order chi connectivity index (χ0) is 10.8. The summed E-state index contributed by atoms with van der Waals surface area (Å²) >= 11 is 0. The lowest BCUT2D eigenvalue weighted by atomic mass is 10.0. The van der Waals surface area contributed by atoms with Gasteiger partial charge in [-0.05, 0) is 38.7 Å². The summed E-state index contributed by atoms with van der Waals surface area (Å²) in [5.74, 6) is 1.62. The Morgan fingerprint density at radius 1 is 1.27 bits per heavy atom. The molecular formula is C13H19NO. The van der Waals surface area contributed by atoms with Gasteiger partial charge in [0.1, 0.15) is 5.75 Å². The van der Waals surface area contributed by atoms with Crippen molar-refractivity contribution in [2.24, 2.45) is 11.7 Å². The highest BCUT2D eigenvalue weighted by Crippen LogP contribution is 2.42. The van der Waals surface area contributed by atoms with Gasteiger partial charge in [0, 0.05) is 11.6 Å². The number of ether oxygens (including phenoxy) is 1. The van der Waals surface area contributed by atoms with Gasteiger partial charge in [-0.15, -0.1) is 0 Å². The lowest BCUT2D eigenvalue weighted by Crippen LogP contribution is -2.15. The predicted octanol–water partition coefficient (Wildman–Crippen LogP) is 2.88. The third kappa shape index (κ3) is 2.51. The van der Waals surface area contributed by atoms with Gasteiger partial charge in [-0.25, -0.2) is 0 Å². The van der Waals surface area contributed by atoms with Crippen LogP contribution < -0.4 is 10.5 Å². The Morgan fingerprint density at radius 2 is 1.93 bits per heavy atom. The van der Waals surface area contributed by atoms with E-state index in [0.717, 1.165) is 11.3 Å². The third-order valence-corrected chi connectivity index (χ3v) is 2.77. The number of hydrogen-bond acceptors (Lipinski definition) is 2. The van der Waals surface area contributed by atoms with Crippen LogP contribution in [0.1, 0.15) is 38.3 Å². The molecule has 0 saturated heterocycles. The van der Waals surface area contributed by atoms with E-state index in [2.05, 4.69) is 6.07 Å². The minimum Gasteiger partial charge on any atom is -0.491 e. The van der Waals surface area contributed by atoms with Gasteiger partial charge in [-0.3, -0.25) is 0 Å². The molecule has 82 valence electrons. The second-order valence-corrected chi connectivity index (χ2v) is 4.57. The number of rotatable bonds is 4. The topological polar surface area (TPSA) is 35.2 Å². The summed E-state index contributed by atoms with van der Waals surface area (Å²) in [7, 11) is 0. The first-order valence-corrected chi connectivity index (χ1v) is 5.69. The number of hydrogen-bond donors (Lipinski definition) is 1. The molecule has 0 amide bonds. The fraction of sp³-hybridized carbons (Fsp3) is 0.538. The molecular weight excluding hydrogens is 186 g/mol. The van der Waals surface area contributed by atoms with Crippen LogP contribution in [-0.2, 0) is 0 Å². The molecule has 1 aliphatic rings. The quantitative estimate of drug-likeness (QED) is 0.820. The van der Waals surface area contributed by atoms with E-state index in [4.69, 9.17) is 10.5 Å². The van der Waals surface area contributed by atoms with Crippen molar-refractivity contribution in [3.05, 3.63) is 29.8 Å². The van der Waals surface area contributed by atoms with Crippen LogP contribution in [0.2, 0.25) is 0 Å². The van der Waals surface area contributed by atoms with Crippen LogP contribution >= 0.6 is 0 Å². The van der Waals surface area contributed by atoms with Crippen molar-refractivity contribution in [1.82, 2.24) is 0 Å². The van der Waals surface area contributed by atoms with Crippen molar-refractivity contribution in [2.45, 2.75) is 38.8 Å². The first-order valence-electron chi connectivity index (χ1n) is 5.69. The summed E-state index contributed by atoms with van der Waals surface area (Å²) in [6.45, 7) is 4.08. The number of benzene rings is 1. The summed E-state index contributed by atoms with van der Waals surface area (Å²) in [5, 5.41) is 0. The Morgan fingerprint density at radius 3 is 2.53 bits per heavy atom. The van der Waals surface area contributed by atoms with Gasteiger partial charge in [0.05, 0.1) is 6.10 Å². The molecule has 0 heterocycles. The van der Waals surface area contributed by atoms with Crippen LogP contribution in [0.4, 0.5) is 0 Å². The van der Waals surface area contributed by atoms with E-state index in [0.29, 0.717) is 5.92 Å². The molecule has 1 aromatic rings. The normalized spacial score (nSPS) is 17.9. The van der Waals surface area contributed by atoms with Crippen molar-refractivity contribution >= 4 is 0 Å². The fourth-order valence-electron chi connectivity index (χ4n) is 1.83. The van der Waals surface area contributed by atoms with E-state index < -0.39 is 0 Å². The molecule has 0 unspecified atom stereocenters. The van der Waals surface area contributed by atoms with Crippen molar-refractivity contribution in [3.8, 4) is 5.75 Å². The van der Waals surface area contributed by atoms with Crippen LogP contribution in [0.25, 0.3) is 0 Å². The highest BCUT2D eigenvalue weighted by molar-refractivity contribution is 5.36. The molecule has 2 rings (SSSR count). The van der Waals surface area contributed by atoms with Gasteiger partial charge in [-0.2, -0.15) is 0 Å². The van der Waals surface area contributed by atoms with Crippen molar-refractivity contribution in [1.29, 1.82) is 0 Å². The fourth-order valence-corrected chi connectivity index (χ4v) is 1.83. The van der Waals surface area contributed by atoms with E-state index in [1.165, 1.54) is 12.8 Å². The predicted molar refractivity (Wildman–Crippen MR) is 61.9 cm³/mol. The largest absolute Gasteiger partial charge is 0.491 e. The molecule has 2 nitrogen and oxygen atoms in total. The Hall–Kier alpha value is -1.02. The van der Waals surface area contributed by atoms with E-state index in [-0.39, 0.29) is 12.1 Å². The van der Waals surface area contributed by atoms with Gasteiger partial charge in [-0.1, -0.05) is 18.2 Å². The number of nitrogens with two attached hydrogens (primary N) is 1. The smallest absolute Gasteiger partial charge is 0.124 e. The van der Waals surface area contributed by atoms with Crippen LogP contribution in [0, 0.1) is 5.92 Å². The van der Waals surface area contributed by atoms with Crippen LogP contribution in [-0.4, -0.2) is 6.10 Å². The average Bonchev–Trinajstić information content (AvgIpc) is 3.00. The molecule has 0 bridgehead atoms. The van der Waals surface area contributed by atoms with Gasteiger partial charge in [0.25, 0.3) is 0 Å². The second kappa shape index (κ2) is 4.23. The lowest BCUT2D eigenvalue weighted by Gasteiger charge is -2.18. The van der Waals surface area contributed by atoms with E-state index >= 15 is 0 Å². The van der Waals surface area contributed by atoms with Gasteiger partial charge in [0.2, 0.25) is 0 Å². The molecule has 0 aromatic heterocycles. The first kappa shape index (κ1) is 10.5. The van der Waals surface area contributed by atoms with Crippen LogP contribution in [0.5, 0.6) is 5.75 Å². The monoisotopic (exact) mass is 205 g/mol. The van der Waals surface area contributed by atoms with Gasteiger partial charge < -0.3 is 10.5 Å². The molecule has 0 radical (unpaired) electrons. The molecule has 1 fully saturated rings. The first-order chi connectivity index (χ1) is 7.18. The highest BCUT2D eigenvalue weighted by Gasteiger charge is 2.31. The van der Waals surface area contributed by atoms with Gasteiger partial charge in [0.15, 0.2) is 0 Å². The maximum Gasteiger partial charge on any atom is 0.124 e. The zero-order valence-corrected chi connectivity index (χ0v) is 9.44. The van der Waals surface area contributed by atoms with Crippen LogP contribution in [0.3, 0.4) is 0 Å². The second-order valence-electron chi connectivity index (χ2n) is 4.57. The van der Waals surface area contributed by atoms with E-state index in [1.807, 2.05) is 32.0 Å². The molecule has 0 aliphatic heterocycles. The summed E-state index contributed by atoms with van der Waals surface area (Å²) in [5.41, 5.74) is 7.36. The molecule has 0 spiro atoms. The molecule has 2 heteroatoms. The molecule has 1 aromatic carbocycles. The molecule has 1 aliphatic carbocycles. The SMILES string of the molecule is CC(C)Oc1ccccc1[C@@H](N)C1CC1. The molecule has 1 saturated carbocycles. The Bertz CT molecular complexity index is 331. The van der Waals surface area contributed by atoms with E-state index in [9.17, 15) is 0 Å². The molecule has 15 heavy (non-hydrogen) atoms. The van der Waals surface area contributed by atoms with Gasteiger partial charge >= 0.3 is 0 Å². The average molecular weight is 205 g/mol.